The predicted molar refractivity (Wildman–Crippen MR) is 123 cm³/mol. The van der Waals surface area contributed by atoms with Gasteiger partial charge in [0, 0.05) is 30.4 Å². The molecule has 2 aromatic rings. The number of benzene rings is 2. The minimum absolute atomic E-state index is 0.434. The second-order valence-electron chi connectivity index (χ2n) is 6.43. The molecule has 0 amide bonds. The highest BCUT2D eigenvalue weighted by Gasteiger charge is 2.10. The largest absolute Gasteiger partial charge is 0.396 e. The van der Waals surface area contributed by atoms with E-state index in [2.05, 4.69) is 54.7 Å². The summed E-state index contributed by atoms with van der Waals surface area (Å²) in [7, 11) is 0. The van der Waals surface area contributed by atoms with Crippen molar-refractivity contribution in [1.82, 2.24) is 10.6 Å². The Kier molecular flexibility index (Phi) is 7.59. The van der Waals surface area contributed by atoms with Crippen molar-refractivity contribution in [2.45, 2.75) is 12.8 Å². The van der Waals surface area contributed by atoms with Crippen molar-refractivity contribution >= 4 is 56.5 Å². The molecule has 4 rings (SSSR count). The number of hydrogen-bond donors (Lipinski definition) is 3. The molecule has 0 aliphatic carbocycles. The summed E-state index contributed by atoms with van der Waals surface area (Å²) in [6.45, 7) is 3.65. The van der Waals surface area contributed by atoms with Gasteiger partial charge in [-0.15, -0.1) is 0 Å². The number of halogens is 3. The lowest BCUT2D eigenvalue weighted by Crippen LogP contribution is -2.20. The highest BCUT2D eigenvalue weighted by atomic mass is 79.9. The lowest BCUT2D eigenvalue weighted by Gasteiger charge is -2.06. The first-order valence-electron chi connectivity index (χ1n) is 9.04. The topological polar surface area (TPSA) is 74.8 Å². The highest BCUT2D eigenvalue weighted by molar-refractivity contribution is 9.10. The fraction of sp³-hybridized carbons (Fsp3) is 0.300. The summed E-state index contributed by atoms with van der Waals surface area (Å²) in [4.78, 5) is 8.66. The average molecular weight is 483 g/mol. The molecule has 5 nitrogen and oxygen atoms in total. The lowest BCUT2D eigenvalue weighted by molar-refractivity contribution is 0.953. The molecule has 4 N–H and O–H groups in total. The minimum Gasteiger partial charge on any atom is -0.396 e. The van der Waals surface area contributed by atoms with Gasteiger partial charge in [0.25, 0.3) is 0 Å². The normalized spacial score (nSPS) is 15.1. The molecule has 28 heavy (non-hydrogen) atoms. The predicted octanol–water partition coefficient (Wildman–Crippen LogP) is 4.11. The maximum atomic E-state index is 5.93. The van der Waals surface area contributed by atoms with Crippen molar-refractivity contribution in [1.29, 1.82) is 0 Å². The Morgan fingerprint density at radius 3 is 2.04 bits per heavy atom. The van der Waals surface area contributed by atoms with Crippen molar-refractivity contribution in [3.05, 3.63) is 62.0 Å². The third-order valence-corrected chi connectivity index (χ3v) is 5.71. The Balaban J connectivity index is 0.000000162. The van der Waals surface area contributed by atoms with Crippen LogP contribution in [0.25, 0.3) is 0 Å². The van der Waals surface area contributed by atoms with Crippen LogP contribution in [-0.2, 0) is 12.8 Å². The zero-order valence-electron chi connectivity index (χ0n) is 15.3. The van der Waals surface area contributed by atoms with Gasteiger partial charge in [-0.1, -0.05) is 57.3 Å². The molecule has 0 spiro atoms. The van der Waals surface area contributed by atoms with Gasteiger partial charge in [0.05, 0.1) is 28.8 Å². The molecule has 2 aliphatic rings. The lowest BCUT2D eigenvalue weighted by atomic mass is 10.1. The first kappa shape index (κ1) is 21.0. The van der Waals surface area contributed by atoms with E-state index in [1.807, 2.05) is 18.2 Å². The fourth-order valence-electron chi connectivity index (χ4n) is 2.89. The van der Waals surface area contributed by atoms with Gasteiger partial charge in [-0.3, -0.25) is 9.98 Å². The van der Waals surface area contributed by atoms with Gasteiger partial charge < -0.3 is 16.4 Å². The minimum atomic E-state index is 0.434. The summed E-state index contributed by atoms with van der Waals surface area (Å²) in [6.07, 6.45) is 1.63. The highest BCUT2D eigenvalue weighted by Crippen LogP contribution is 2.29. The van der Waals surface area contributed by atoms with Crippen LogP contribution in [0.15, 0.2) is 50.9 Å². The maximum absolute atomic E-state index is 5.93. The summed E-state index contributed by atoms with van der Waals surface area (Å²) in [5, 5.41) is 7.45. The van der Waals surface area contributed by atoms with Crippen LogP contribution in [0.3, 0.4) is 0 Å². The van der Waals surface area contributed by atoms with Gasteiger partial charge in [-0.25, -0.2) is 0 Å². The van der Waals surface area contributed by atoms with Crippen molar-refractivity contribution in [3.8, 4) is 0 Å². The molecule has 0 atom stereocenters. The molecule has 2 aliphatic heterocycles. The maximum Gasteiger partial charge on any atom is 0.101 e. The third-order valence-electron chi connectivity index (χ3n) is 4.31. The molecular weight excluding hydrogens is 461 g/mol. The van der Waals surface area contributed by atoms with Gasteiger partial charge in [-0.2, -0.15) is 0 Å². The van der Waals surface area contributed by atoms with Gasteiger partial charge in [0.1, 0.15) is 11.7 Å². The number of nitrogens with one attached hydrogen (secondary N) is 2. The molecule has 0 bridgehead atoms. The summed E-state index contributed by atoms with van der Waals surface area (Å²) in [5.74, 6) is 2.08. The molecule has 2 heterocycles. The van der Waals surface area contributed by atoms with Crippen LogP contribution in [-0.4, -0.2) is 37.9 Å². The van der Waals surface area contributed by atoms with E-state index in [0.29, 0.717) is 15.7 Å². The SMILES string of the molecule is Brc1ccccc1CC1=NCCN1.Nc1c(Cl)cc(CC2=NCCN2)cc1Cl. The van der Waals surface area contributed by atoms with Gasteiger partial charge >= 0.3 is 0 Å². The van der Waals surface area contributed by atoms with Crippen molar-refractivity contribution in [2.24, 2.45) is 9.98 Å². The van der Waals surface area contributed by atoms with E-state index in [1.165, 1.54) is 5.56 Å². The number of aliphatic imine (C=N–C) groups is 2. The summed E-state index contributed by atoms with van der Waals surface area (Å²) in [6, 6.07) is 11.9. The van der Waals surface area contributed by atoms with E-state index in [9.17, 15) is 0 Å². The number of nitrogens with two attached hydrogens (primary N) is 1. The van der Waals surface area contributed by atoms with E-state index in [4.69, 9.17) is 28.9 Å². The Bertz CT molecular complexity index is 875. The van der Waals surface area contributed by atoms with Crippen LogP contribution in [0.1, 0.15) is 11.1 Å². The number of amidine groups is 2. The Hall–Kier alpha value is -1.76. The molecule has 0 unspecified atom stereocenters. The molecule has 148 valence electrons. The summed E-state index contributed by atoms with van der Waals surface area (Å²) < 4.78 is 1.16. The second kappa shape index (κ2) is 10.1. The first-order chi connectivity index (χ1) is 13.5. The van der Waals surface area contributed by atoms with Crippen LogP contribution in [0, 0.1) is 0 Å². The molecule has 0 saturated heterocycles. The average Bonchev–Trinajstić information content (AvgIpc) is 3.36. The second-order valence-corrected chi connectivity index (χ2v) is 8.10. The third kappa shape index (κ3) is 5.87. The quantitative estimate of drug-likeness (QED) is 0.574. The molecule has 0 fully saturated rings. The Labute approximate surface area is 183 Å². The molecular formula is C20H22BrCl2N5. The number of nitrogens with zero attached hydrogens (tertiary/aromatic N) is 2. The number of rotatable bonds is 4. The van der Waals surface area contributed by atoms with E-state index >= 15 is 0 Å². The summed E-state index contributed by atoms with van der Waals surface area (Å²) >= 11 is 15.4. The van der Waals surface area contributed by atoms with Crippen LogP contribution in [0.5, 0.6) is 0 Å². The Morgan fingerprint density at radius 2 is 1.50 bits per heavy atom. The molecule has 0 radical (unpaired) electrons. The van der Waals surface area contributed by atoms with Crippen molar-refractivity contribution < 1.29 is 0 Å². The zero-order chi connectivity index (χ0) is 19.9. The Morgan fingerprint density at radius 1 is 0.929 bits per heavy atom. The molecule has 0 saturated carbocycles. The van der Waals surface area contributed by atoms with Crippen molar-refractivity contribution in [2.75, 3.05) is 31.9 Å². The van der Waals surface area contributed by atoms with E-state index in [1.54, 1.807) is 0 Å². The fourth-order valence-corrected chi connectivity index (χ4v) is 3.84. The molecule has 0 aromatic heterocycles. The monoisotopic (exact) mass is 481 g/mol. The number of anilines is 1. The van der Waals surface area contributed by atoms with Crippen LogP contribution >= 0.6 is 39.1 Å². The van der Waals surface area contributed by atoms with E-state index in [-0.39, 0.29) is 0 Å². The smallest absolute Gasteiger partial charge is 0.101 e. The van der Waals surface area contributed by atoms with Crippen LogP contribution in [0.2, 0.25) is 10.0 Å². The zero-order valence-corrected chi connectivity index (χ0v) is 18.4. The van der Waals surface area contributed by atoms with Gasteiger partial charge in [-0.05, 0) is 29.3 Å². The van der Waals surface area contributed by atoms with Gasteiger partial charge in [0.2, 0.25) is 0 Å². The van der Waals surface area contributed by atoms with E-state index < -0.39 is 0 Å². The number of hydrogen-bond acceptors (Lipinski definition) is 5. The van der Waals surface area contributed by atoms with Crippen LogP contribution < -0.4 is 16.4 Å². The molecule has 8 heteroatoms. The first-order valence-corrected chi connectivity index (χ1v) is 10.6. The van der Waals surface area contributed by atoms with Crippen molar-refractivity contribution in [3.63, 3.8) is 0 Å². The number of nitrogen functional groups attached to an aromatic ring is 1. The van der Waals surface area contributed by atoms with E-state index in [0.717, 1.165) is 60.7 Å². The molecule has 2 aromatic carbocycles. The van der Waals surface area contributed by atoms with Gasteiger partial charge in [0.15, 0.2) is 0 Å². The summed E-state index contributed by atoms with van der Waals surface area (Å²) in [5.41, 5.74) is 8.39. The van der Waals surface area contributed by atoms with Crippen LogP contribution in [0.4, 0.5) is 5.69 Å². The standard InChI is InChI=1S/C10H11BrN2.C10H11Cl2N3/c11-9-4-2-1-3-8(9)7-10-12-5-6-13-10;11-7-3-6(4-8(12)10(7)13)5-9-14-1-2-15-9/h1-4H,5-7H2,(H,12,13);3-4H,1-2,5,13H2,(H,14,15).